The number of aryl methyl sites for hydroxylation is 2. The molecule has 0 radical (unpaired) electrons. The molecular formula is C70H64BF8N3O. The van der Waals surface area contributed by atoms with E-state index >= 15 is 8.78 Å². The molecule has 1 aliphatic rings. The highest BCUT2D eigenvalue weighted by molar-refractivity contribution is 7.20. The average Bonchev–Trinajstić information content (AvgIpc) is 2.91. The standard InChI is InChI=1S/C46H52N3O.C24H12BF8/c1-7-46(8-2,9-3)45(50)49(12-6)44-34(28-30-38-36-24-14-18-32-20-16-26-40(42(32)36)47(38)10-4)22-13-23-35(44)29-31-39-37-25-15-19-33-21-17-27-41(43(33)37)48(39)11-5;26-16-7-1-13(2-8-16)25(14-3-9-17(27)10-4-14,15-5-11-18(28)12-6-15)19-20(29)22(31)24(33)23(32)21(19)30/h14-21,24-31H,7-13,22-23H2,1-6H3;1-12H/q+1;-1. The van der Waals surface area contributed by atoms with Crippen LogP contribution in [-0.4, -0.2) is 38.0 Å². The molecule has 1 fully saturated rings. The maximum atomic E-state index is 15.3. The molecule has 0 bridgehead atoms. The molecule has 4 nitrogen and oxygen atoms in total. The summed E-state index contributed by atoms with van der Waals surface area (Å²) in [6, 6.07) is 39.0. The van der Waals surface area contributed by atoms with Gasteiger partial charge in [-0.25, -0.2) is 39.9 Å². The van der Waals surface area contributed by atoms with E-state index in [0.717, 1.165) is 130 Å². The predicted octanol–water partition coefficient (Wildman–Crippen LogP) is 14.1. The second kappa shape index (κ2) is 23.9. The van der Waals surface area contributed by atoms with Crippen LogP contribution in [0.15, 0.2) is 169 Å². The highest BCUT2D eigenvalue weighted by atomic mass is 19.2. The lowest BCUT2D eigenvalue weighted by atomic mass is 9.13. The van der Waals surface area contributed by atoms with Gasteiger partial charge in [-0.15, -0.1) is 5.46 Å². The summed E-state index contributed by atoms with van der Waals surface area (Å²) in [7, 11) is 0. The lowest BCUT2D eigenvalue weighted by Gasteiger charge is -2.44. The molecule has 11 rings (SSSR count). The Hall–Kier alpha value is -8.32. The summed E-state index contributed by atoms with van der Waals surface area (Å²) in [6.45, 7) is 15.6. The molecule has 83 heavy (non-hydrogen) atoms. The van der Waals surface area contributed by atoms with Gasteiger partial charge in [-0.3, -0.25) is 0 Å². The van der Waals surface area contributed by atoms with Crippen molar-refractivity contribution in [2.24, 2.45) is 5.41 Å². The van der Waals surface area contributed by atoms with Crippen molar-refractivity contribution < 1.29 is 44.5 Å². The first-order valence-electron chi connectivity index (χ1n) is 28.7. The lowest BCUT2D eigenvalue weighted by Crippen LogP contribution is -2.76. The minimum Gasteiger partial charge on any atom is -0.341 e. The third-order valence-electron chi connectivity index (χ3n) is 17.6. The Bertz CT molecular complexity index is 4000. The number of rotatable bonds is 13. The quantitative estimate of drug-likeness (QED) is 0.0372. The van der Waals surface area contributed by atoms with Crippen molar-refractivity contribution >= 4 is 95.1 Å². The van der Waals surface area contributed by atoms with Crippen LogP contribution in [0.1, 0.15) is 80.1 Å². The number of hydrogen-bond donors (Lipinski definition) is 0. The summed E-state index contributed by atoms with van der Waals surface area (Å²) in [5.41, 5.74) is 4.48. The molecular weight excluding hydrogens is 1060 g/mol. The Balaban J connectivity index is 0.000000202. The van der Waals surface area contributed by atoms with Crippen LogP contribution in [0.25, 0.3) is 55.5 Å². The van der Waals surface area contributed by atoms with Crippen LogP contribution in [-0.2, 0) is 17.9 Å². The number of amides is 1. The van der Waals surface area contributed by atoms with Gasteiger partial charge in [-0.2, -0.15) is 21.0 Å². The number of hydrogen-bond acceptors (Lipinski definition) is 1. The topological polar surface area (TPSA) is 29.9 Å². The molecule has 0 spiro atoms. The normalized spacial score (nSPS) is 15.4. The third kappa shape index (κ3) is 9.99. The number of nitrogens with zero attached hydrogens (tertiary/aromatic N) is 3. The second-order valence-electron chi connectivity index (χ2n) is 21.4. The van der Waals surface area contributed by atoms with Gasteiger partial charge in [0, 0.05) is 67.5 Å². The van der Waals surface area contributed by atoms with Gasteiger partial charge in [0.15, 0.2) is 17.5 Å². The second-order valence-corrected chi connectivity index (χ2v) is 21.4. The highest BCUT2D eigenvalue weighted by Crippen LogP contribution is 2.35. The summed E-state index contributed by atoms with van der Waals surface area (Å²) in [4.78, 5) is 14.8. The van der Waals surface area contributed by atoms with E-state index in [1.54, 1.807) is 0 Å². The van der Waals surface area contributed by atoms with Gasteiger partial charge >= 0.3 is 5.91 Å². The van der Waals surface area contributed by atoms with Crippen LogP contribution in [0.3, 0.4) is 0 Å². The molecule has 424 valence electrons. The van der Waals surface area contributed by atoms with E-state index in [9.17, 15) is 31.1 Å². The van der Waals surface area contributed by atoms with E-state index < -0.39 is 58.1 Å². The minimum absolute atomic E-state index is 0.0437. The number of aromatic nitrogens is 2. The molecule has 13 heteroatoms. The molecule has 0 unspecified atom stereocenters. The van der Waals surface area contributed by atoms with E-state index in [1.807, 2.05) is 0 Å². The van der Waals surface area contributed by atoms with Crippen LogP contribution in [0.2, 0.25) is 0 Å². The van der Waals surface area contributed by atoms with Crippen molar-refractivity contribution in [3.05, 3.63) is 226 Å². The Kier molecular flexibility index (Phi) is 16.7. The number of allylic oxidation sites excluding steroid dienone is 4. The summed E-state index contributed by atoms with van der Waals surface area (Å²) in [5.74, 6) is -12.8. The molecule has 2 aromatic heterocycles. The van der Waals surface area contributed by atoms with Gasteiger partial charge in [-0.1, -0.05) is 130 Å². The van der Waals surface area contributed by atoms with Gasteiger partial charge in [-0.05, 0) is 131 Å². The van der Waals surface area contributed by atoms with Gasteiger partial charge < -0.3 is 9.13 Å². The van der Waals surface area contributed by atoms with Gasteiger partial charge in [0.05, 0.1) is 5.41 Å². The largest absolute Gasteiger partial charge is 0.393 e. The first kappa shape index (κ1) is 57.9. The Morgan fingerprint density at radius 1 is 0.482 bits per heavy atom. The fourth-order valence-corrected chi connectivity index (χ4v) is 13.3. The summed E-state index contributed by atoms with van der Waals surface area (Å²) in [5, 5.41) is 10.3. The molecule has 0 N–H and O–H groups in total. The SMILES string of the molecule is CCn1c(=CC=C2CCC/C(=C\C=c3c4cccc5cccc(c54)n3CC)C2=[N+](CC)C(=O)C(CC)(CC)CC)c2cccc3cccc1c32.Fc1ccc([B-](c2ccc(F)cc2)(c2ccc(F)cc2)c2c(F)c(F)c(F)c(F)c2F)cc1. The van der Waals surface area contributed by atoms with Crippen LogP contribution >= 0.6 is 0 Å². The van der Waals surface area contributed by atoms with Crippen molar-refractivity contribution in [2.75, 3.05) is 6.54 Å². The van der Waals surface area contributed by atoms with Crippen molar-refractivity contribution in [2.45, 2.75) is 93.2 Å². The fraction of sp³-hybridized carbons (Fsp3) is 0.229. The van der Waals surface area contributed by atoms with Crippen LogP contribution < -0.4 is 32.5 Å². The molecule has 1 saturated carbocycles. The van der Waals surface area contributed by atoms with E-state index in [-0.39, 0.29) is 27.7 Å². The number of halogens is 8. The van der Waals surface area contributed by atoms with Crippen LogP contribution in [0.5, 0.6) is 0 Å². The van der Waals surface area contributed by atoms with Gasteiger partial charge in [0.25, 0.3) is 0 Å². The molecule has 8 aromatic carbocycles. The van der Waals surface area contributed by atoms with E-state index in [2.05, 4.69) is 152 Å². The molecule has 2 heterocycles. The number of benzene rings is 8. The van der Waals surface area contributed by atoms with Gasteiger partial charge in [0.1, 0.15) is 41.8 Å². The van der Waals surface area contributed by atoms with Crippen LogP contribution in [0.4, 0.5) is 35.1 Å². The zero-order valence-electron chi connectivity index (χ0n) is 47.4. The maximum Gasteiger partial charge on any atom is 0.393 e. The summed E-state index contributed by atoms with van der Waals surface area (Å²) >= 11 is 0. The lowest BCUT2D eigenvalue weighted by molar-refractivity contribution is -0.454. The maximum absolute atomic E-state index is 15.3. The third-order valence-corrected chi connectivity index (χ3v) is 17.6. The predicted molar refractivity (Wildman–Crippen MR) is 323 cm³/mol. The van der Waals surface area contributed by atoms with Crippen molar-refractivity contribution in [3.63, 3.8) is 0 Å². The summed E-state index contributed by atoms with van der Waals surface area (Å²) < 4.78 is 121. The molecule has 1 amide bonds. The monoisotopic (exact) mass is 1130 g/mol. The summed E-state index contributed by atoms with van der Waals surface area (Å²) in [6.07, 6.45) is 11.6. The Labute approximate surface area is 478 Å². The smallest absolute Gasteiger partial charge is 0.341 e. The number of carbonyl (C=O) groups excluding carboxylic acids is 1. The molecule has 0 aliphatic heterocycles. The van der Waals surface area contributed by atoms with Crippen LogP contribution in [0, 0.1) is 52.0 Å². The first-order valence-corrected chi connectivity index (χ1v) is 28.7. The molecule has 10 aromatic rings. The first-order chi connectivity index (χ1) is 40.1. The van der Waals surface area contributed by atoms with E-state index in [1.165, 1.54) is 65.2 Å². The number of carbonyl (C=O) groups is 1. The zero-order valence-corrected chi connectivity index (χ0v) is 47.4. The van der Waals surface area contributed by atoms with Crippen molar-refractivity contribution in [1.82, 2.24) is 9.13 Å². The fourth-order valence-electron chi connectivity index (χ4n) is 13.3. The average molecular weight is 1130 g/mol. The highest BCUT2D eigenvalue weighted by Gasteiger charge is 2.44. The van der Waals surface area contributed by atoms with E-state index in [0.29, 0.717) is 6.54 Å². The van der Waals surface area contributed by atoms with Crippen molar-refractivity contribution in [3.8, 4) is 0 Å². The van der Waals surface area contributed by atoms with Gasteiger partial charge in [0.2, 0.25) is 5.71 Å². The zero-order chi connectivity index (χ0) is 58.9. The van der Waals surface area contributed by atoms with Crippen molar-refractivity contribution in [1.29, 1.82) is 0 Å². The Morgan fingerprint density at radius 2 is 0.843 bits per heavy atom. The minimum atomic E-state index is -3.26. The molecule has 0 saturated heterocycles. The molecule has 0 atom stereocenters. The molecule has 1 aliphatic carbocycles. The van der Waals surface area contributed by atoms with E-state index in [4.69, 9.17) is 0 Å². The Morgan fingerprint density at radius 3 is 1.19 bits per heavy atom.